The molecule has 1 aliphatic rings. The number of carbonyl (C=O) groups is 1. The van der Waals surface area contributed by atoms with Crippen molar-refractivity contribution in [1.82, 2.24) is 9.55 Å². The maximum atomic E-state index is 12.5. The van der Waals surface area contributed by atoms with Crippen LogP contribution >= 0.6 is 11.6 Å². The molecule has 1 fully saturated rings. The summed E-state index contributed by atoms with van der Waals surface area (Å²) in [5.41, 5.74) is 4.22. The zero-order valence-electron chi connectivity index (χ0n) is 21.3. The highest BCUT2D eigenvalue weighted by atomic mass is 35.5. The Kier molecular flexibility index (Phi) is 7.02. The van der Waals surface area contributed by atoms with Gasteiger partial charge >= 0.3 is 5.97 Å². The van der Waals surface area contributed by atoms with Gasteiger partial charge in [0.2, 0.25) is 0 Å². The van der Waals surface area contributed by atoms with Gasteiger partial charge in [-0.1, -0.05) is 35.9 Å². The van der Waals surface area contributed by atoms with Gasteiger partial charge in [-0.2, -0.15) is 0 Å². The predicted molar refractivity (Wildman–Crippen MR) is 148 cm³/mol. The molecule has 0 radical (unpaired) electrons. The summed E-state index contributed by atoms with van der Waals surface area (Å²) in [4.78, 5) is 31.1. The van der Waals surface area contributed by atoms with Gasteiger partial charge in [0.05, 0.1) is 29.1 Å². The number of hydrogen-bond donors (Lipinski definition) is 0. The fourth-order valence-electron chi connectivity index (χ4n) is 5.32. The van der Waals surface area contributed by atoms with Gasteiger partial charge in [0.1, 0.15) is 5.82 Å². The quantitative estimate of drug-likeness (QED) is 0.309. The summed E-state index contributed by atoms with van der Waals surface area (Å²) < 4.78 is 6.42. The molecule has 190 valence electrons. The number of aromatic nitrogens is 2. The molecule has 37 heavy (non-hydrogen) atoms. The second kappa shape index (κ2) is 10.4. The van der Waals surface area contributed by atoms with E-state index in [2.05, 4.69) is 28.1 Å². The van der Waals surface area contributed by atoms with Crippen LogP contribution in [0.25, 0.3) is 16.5 Å². The number of aryl methyl sites for hydroxylation is 2. The molecule has 0 atom stereocenters. The number of fused-ring (bicyclic) bond motifs is 1. The minimum atomic E-state index is -0.316. The van der Waals surface area contributed by atoms with E-state index in [0.717, 1.165) is 54.5 Å². The maximum absolute atomic E-state index is 12.5. The zero-order valence-corrected chi connectivity index (χ0v) is 22.1. The monoisotopic (exact) mass is 515 g/mol. The van der Waals surface area contributed by atoms with E-state index in [1.165, 1.54) is 18.7 Å². The summed E-state index contributed by atoms with van der Waals surface area (Å²) >= 11 is 6.70. The van der Waals surface area contributed by atoms with Gasteiger partial charge < -0.3 is 9.64 Å². The van der Waals surface area contributed by atoms with Crippen molar-refractivity contribution < 1.29 is 9.53 Å². The van der Waals surface area contributed by atoms with Gasteiger partial charge in [0.15, 0.2) is 0 Å². The molecule has 0 N–H and O–H groups in total. The first kappa shape index (κ1) is 25.0. The first-order valence-electron chi connectivity index (χ1n) is 12.6. The number of piperidine rings is 1. The summed E-state index contributed by atoms with van der Waals surface area (Å²) in [6.07, 6.45) is 3.19. The molecule has 1 aromatic heterocycles. The summed E-state index contributed by atoms with van der Waals surface area (Å²) in [6, 6.07) is 19.5. The van der Waals surface area contributed by atoms with Crippen molar-refractivity contribution in [2.75, 3.05) is 25.1 Å². The third-order valence-electron chi connectivity index (χ3n) is 7.21. The second-order valence-corrected chi connectivity index (χ2v) is 10.2. The second-order valence-electron chi connectivity index (χ2n) is 9.78. The zero-order chi connectivity index (χ0) is 26.1. The molecule has 5 rings (SSSR count). The fourth-order valence-corrected chi connectivity index (χ4v) is 5.62. The highest BCUT2D eigenvalue weighted by Crippen LogP contribution is 2.32. The number of methoxy groups -OCH3 is 1. The number of benzene rings is 3. The number of halogens is 1. The van der Waals surface area contributed by atoms with Crippen molar-refractivity contribution in [2.24, 2.45) is 5.92 Å². The van der Waals surface area contributed by atoms with Crippen LogP contribution < -0.4 is 10.5 Å². The lowest BCUT2D eigenvalue weighted by molar-refractivity contribution is 0.0601. The standard InChI is InChI=1S/C30H30ClN3O3/c1-19-14-29(35)34(20(2)32-19)26-8-9-28(27(31)18-26)33-12-10-21(11-13-33)15-22-4-5-24-17-25(30(36)37-3)7-6-23(24)16-22/h4-9,14,16-18,21H,10-13,15H2,1-3H3. The summed E-state index contributed by atoms with van der Waals surface area (Å²) in [5, 5.41) is 2.81. The van der Waals surface area contributed by atoms with E-state index < -0.39 is 0 Å². The first-order chi connectivity index (χ1) is 17.8. The smallest absolute Gasteiger partial charge is 0.337 e. The summed E-state index contributed by atoms with van der Waals surface area (Å²) in [7, 11) is 1.40. The Hall–Kier alpha value is -3.64. The van der Waals surface area contributed by atoms with Crippen LogP contribution in [0.4, 0.5) is 5.69 Å². The van der Waals surface area contributed by atoms with Crippen LogP contribution in [0.5, 0.6) is 0 Å². The minimum Gasteiger partial charge on any atom is -0.465 e. The molecule has 0 spiro atoms. The number of hydrogen-bond acceptors (Lipinski definition) is 5. The maximum Gasteiger partial charge on any atom is 0.337 e. The molecule has 6 nitrogen and oxygen atoms in total. The molecule has 0 saturated carbocycles. The lowest BCUT2D eigenvalue weighted by atomic mass is 9.89. The van der Waals surface area contributed by atoms with E-state index in [9.17, 15) is 9.59 Å². The molecule has 0 amide bonds. The van der Waals surface area contributed by atoms with E-state index in [-0.39, 0.29) is 11.5 Å². The van der Waals surface area contributed by atoms with Gasteiger partial charge in [-0.3, -0.25) is 9.36 Å². The number of anilines is 1. The highest BCUT2D eigenvalue weighted by molar-refractivity contribution is 6.33. The average Bonchev–Trinajstić information content (AvgIpc) is 2.88. The normalized spacial score (nSPS) is 14.2. The first-order valence-corrected chi connectivity index (χ1v) is 12.9. The molecule has 0 bridgehead atoms. The topological polar surface area (TPSA) is 64.4 Å². The summed E-state index contributed by atoms with van der Waals surface area (Å²) in [6.45, 7) is 5.52. The molecule has 4 aromatic rings. The fraction of sp³-hybridized carbons (Fsp3) is 0.300. The number of nitrogens with zero attached hydrogens (tertiary/aromatic N) is 3. The predicted octanol–water partition coefficient (Wildman–Crippen LogP) is 5.90. The molecule has 0 aliphatic carbocycles. The third-order valence-corrected chi connectivity index (χ3v) is 7.51. The average molecular weight is 516 g/mol. The summed E-state index contributed by atoms with van der Waals surface area (Å²) in [5.74, 6) is 0.928. The number of ether oxygens (including phenoxy) is 1. The van der Waals surface area contributed by atoms with Crippen LogP contribution in [0.15, 0.2) is 65.5 Å². The van der Waals surface area contributed by atoms with Crippen LogP contribution in [0.3, 0.4) is 0 Å². The lowest BCUT2D eigenvalue weighted by Crippen LogP contribution is -2.34. The highest BCUT2D eigenvalue weighted by Gasteiger charge is 2.22. The van der Waals surface area contributed by atoms with Crippen molar-refractivity contribution in [3.05, 3.63) is 98.7 Å². The largest absolute Gasteiger partial charge is 0.465 e. The Morgan fingerprint density at radius 2 is 1.73 bits per heavy atom. The van der Waals surface area contributed by atoms with E-state index in [4.69, 9.17) is 16.3 Å². The molecular formula is C30H30ClN3O3. The molecule has 3 aromatic carbocycles. The third kappa shape index (κ3) is 5.25. The van der Waals surface area contributed by atoms with Gasteiger partial charge in [-0.15, -0.1) is 0 Å². The van der Waals surface area contributed by atoms with E-state index >= 15 is 0 Å². The Balaban J connectivity index is 1.25. The SMILES string of the molecule is COC(=O)c1ccc2cc(CC3CCN(c4ccc(-n5c(C)nc(C)cc5=O)cc4Cl)CC3)ccc2c1. The Morgan fingerprint density at radius 1 is 1.00 bits per heavy atom. The Morgan fingerprint density at radius 3 is 2.43 bits per heavy atom. The van der Waals surface area contributed by atoms with Gasteiger partial charge in [-0.05, 0) is 85.7 Å². The van der Waals surface area contributed by atoms with Crippen LogP contribution in [0, 0.1) is 19.8 Å². The van der Waals surface area contributed by atoms with Crippen molar-refractivity contribution in [2.45, 2.75) is 33.1 Å². The molecule has 1 saturated heterocycles. The molecule has 7 heteroatoms. The van der Waals surface area contributed by atoms with Crippen molar-refractivity contribution >= 4 is 34.0 Å². The van der Waals surface area contributed by atoms with Crippen molar-refractivity contribution in [3.8, 4) is 5.69 Å². The number of esters is 1. The molecule has 0 unspecified atom stereocenters. The molecular weight excluding hydrogens is 486 g/mol. The lowest BCUT2D eigenvalue weighted by Gasteiger charge is -2.34. The van der Waals surface area contributed by atoms with Gasteiger partial charge in [0, 0.05) is 24.8 Å². The van der Waals surface area contributed by atoms with Crippen LogP contribution in [0.2, 0.25) is 5.02 Å². The van der Waals surface area contributed by atoms with Crippen LogP contribution in [0.1, 0.15) is 40.3 Å². The van der Waals surface area contributed by atoms with Gasteiger partial charge in [0.25, 0.3) is 5.56 Å². The Labute approximate surface area is 221 Å². The van der Waals surface area contributed by atoms with Crippen molar-refractivity contribution in [3.63, 3.8) is 0 Å². The van der Waals surface area contributed by atoms with E-state index in [1.54, 1.807) is 4.57 Å². The van der Waals surface area contributed by atoms with Crippen molar-refractivity contribution in [1.29, 1.82) is 0 Å². The minimum absolute atomic E-state index is 0.104. The van der Waals surface area contributed by atoms with Gasteiger partial charge in [-0.25, -0.2) is 9.78 Å². The Bertz CT molecular complexity index is 1540. The van der Waals surface area contributed by atoms with Crippen LogP contribution in [-0.2, 0) is 11.2 Å². The molecule has 1 aliphatic heterocycles. The van der Waals surface area contributed by atoms with E-state index in [1.807, 2.05) is 50.2 Å². The number of carbonyl (C=O) groups excluding carboxylic acids is 1. The van der Waals surface area contributed by atoms with Crippen LogP contribution in [-0.4, -0.2) is 35.7 Å². The number of rotatable bonds is 5. The van der Waals surface area contributed by atoms with E-state index in [0.29, 0.717) is 28.0 Å². The molecule has 2 heterocycles.